The molecule has 138 valence electrons. The largest absolute Gasteiger partial charge is 0.339 e. The molecule has 1 fully saturated rings. The van der Waals surface area contributed by atoms with Crippen molar-refractivity contribution in [3.8, 4) is 0 Å². The van der Waals surface area contributed by atoms with Crippen LogP contribution in [0, 0.1) is 0 Å². The molecule has 1 heterocycles. The van der Waals surface area contributed by atoms with Gasteiger partial charge in [-0.3, -0.25) is 9.52 Å². The molecule has 1 aliphatic heterocycles. The Bertz CT molecular complexity index is 863. The lowest BCUT2D eigenvalue weighted by atomic mass is 10.0. The Morgan fingerprint density at radius 1 is 1.08 bits per heavy atom. The summed E-state index contributed by atoms with van der Waals surface area (Å²) in [6.45, 7) is 1.80. The van der Waals surface area contributed by atoms with Gasteiger partial charge in [-0.15, -0.1) is 0 Å². The fraction of sp³-hybridized carbons (Fsp3) is 0.316. The monoisotopic (exact) mass is 373 g/mol. The summed E-state index contributed by atoms with van der Waals surface area (Å²) in [4.78, 5) is 14.7. The van der Waals surface area contributed by atoms with Gasteiger partial charge in [0, 0.05) is 24.3 Å². The first-order chi connectivity index (χ1) is 12.5. The minimum Gasteiger partial charge on any atom is -0.339 e. The quantitative estimate of drug-likeness (QED) is 0.843. The predicted octanol–water partition coefficient (Wildman–Crippen LogP) is 2.31. The highest BCUT2D eigenvalue weighted by molar-refractivity contribution is 7.92. The van der Waals surface area contributed by atoms with E-state index in [9.17, 15) is 13.2 Å². The van der Waals surface area contributed by atoms with Gasteiger partial charge >= 0.3 is 0 Å². The topological polar surface area (TPSA) is 78.5 Å². The van der Waals surface area contributed by atoms with Gasteiger partial charge in [0.2, 0.25) is 0 Å². The number of anilines is 1. The van der Waals surface area contributed by atoms with Gasteiger partial charge < -0.3 is 10.2 Å². The number of hydrogen-bond acceptors (Lipinski definition) is 4. The molecule has 6 nitrogen and oxygen atoms in total. The van der Waals surface area contributed by atoms with Crippen molar-refractivity contribution in [1.82, 2.24) is 10.2 Å². The Labute approximate surface area is 154 Å². The van der Waals surface area contributed by atoms with Crippen LogP contribution < -0.4 is 10.0 Å². The van der Waals surface area contributed by atoms with Gasteiger partial charge in [-0.2, -0.15) is 0 Å². The summed E-state index contributed by atoms with van der Waals surface area (Å²) < 4.78 is 27.4. The van der Waals surface area contributed by atoms with E-state index in [0.29, 0.717) is 11.3 Å². The van der Waals surface area contributed by atoms with Crippen LogP contribution in [0.3, 0.4) is 0 Å². The van der Waals surface area contributed by atoms with E-state index in [2.05, 4.69) is 10.0 Å². The molecule has 2 aromatic rings. The third kappa shape index (κ3) is 4.23. The maximum absolute atomic E-state index is 12.8. The van der Waals surface area contributed by atoms with Crippen molar-refractivity contribution in [3.63, 3.8) is 0 Å². The first-order valence-electron chi connectivity index (χ1n) is 8.63. The van der Waals surface area contributed by atoms with Crippen LogP contribution >= 0.6 is 0 Å². The summed E-state index contributed by atoms with van der Waals surface area (Å²) in [5.74, 6) is -0.0994. The van der Waals surface area contributed by atoms with Crippen molar-refractivity contribution in [3.05, 3.63) is 60.2 Å². The number of nitrogens with zero attached hydrogens (tertiary/aromatic N) is 1. The SMILES string of the molecule is CN(C(=O)c1cccc(NS(=O)(=O)c2ccccc2)c1)C1CCNCC1. The average molecular weight is 373 g/mol. The van der Waals surface area contributed by atoms with Gasteiger partial charge in [0.05, 0.1) is 4.90 Å². The zero-order chi connectivity index (χ0) is 18.6. The molecule has 0 aromatic heterocycles. The standard InChI is InChI=1S/C19H23N3O3S/c1-22(17-10-12-20-13-11-17)19(23)15-6-5-7-16(14-15)21-26(24,25)18-8-3-2-4-9-18/h2-9,14,17,20-21H,10-13H2,1H3. The molecule has 3 rings (SSSR count). The summed E-state index contributed by atoms with van der Waals surface area (Å²) in [6.07, 6.45) is 1.84. The summed E-state index contributed by atoms with van der Waals surface area (Å²) in [5, 5.41) is 3.28. The first kappa shape index (κ1) is 18.4. The van der Waals surface area contributed by atoms with E-state index in [1.807, 2.05) is 0 Å². The minimum absolute atomic E-state index is 0.0994. The molecule has 0 unspecified atom stereocenters. The molecule has 0 bridgehead atoms. The second-order valence-corrected chi connectivity index (χ2v) is 8.08. The smallest absolute Gasteiger partial charge is 0.261 e. The van der Waals surface area contributed by atoms with Gasteiger partial charge in [0.1, 0.15) is 0 Å². The Morgan fingerprint density at radius 2 is 1.77 bits per heavy atom. The second-order valence-electron chi connectivity index (χ2n) is 6.40. The zero-order valence-corrected chi connectivity index (χ0v) is 15.5. The van der Waals surface area contributed by atoms with Crippen LogP contribution in [0.25, 0.3) is 0 Å². The summed E-state index contributed by atoms with van der Waals surface area (Å²) >= 11 is 0. The molecule has 1 aliphatic rings. The number of hydrogen-bond donors (Lipinski definition) is 2. The lowest BCUT2D eigenvalue weighted by molar-refractivity contribution is 0.0703. The Balaban J connectivity index is 1.76. The fourth-order valence-corrected chi connectivity index (χ4v) is 4.16. The molecule has 0 spiro atoms. The summed E-state index contributed by atoms with van der Waals surface area (Å²) in [7, 11) is -1.87. The van der Waals surface area contributed by atoms with Gasteiger partial charge in [0.25, 0.3) is 15.9 Å². The summed E-state index contributed by atoms with van der Waals surface area (Å²) in [6, 6.07) is 15.0. The lowest BCUT2D eigenvalue weighted by Crippen LogP contribution is -2.43. The van der Waals surface area contributed by atoms with Crippen LogP contribution in [-0.2, 0) is 10.0 Å². The van der Waals surface area contributed by atoms with E-state index in [4.69, 9.17) is 0 Å². The van der Waals surface area contributed by atoms with E-state index in [1.165, 1.54) is 12.1 Å². The number of carbonyl (C=O) groups is 1. The average Bonchev–Trinajstić information content (AvgIpc) is 2.68. The van der Waals surface area contributed by atoms with Gasteiger partial charge in [-0.25, -0.2) is 8.42 Å². The maximum Gasteiger partial charge on any atom is 0.261 e. The fourth-order valence-electron chi connectivity index (χ4n) is 3.09. The van der Waals surface area contributed by atoms with Crippen LogP contribution in [0.15, 0.2) is 59.5 Å². The molecular formula is C19H23N3O3S. The molecule has 26 heavy (non-hydrogen) atoms. The molecule has 0 radical (unpaired) electrons. The van der Waals surface area contributed by atoms with Gasteiger partial charge in [0.15, 0.2) is 0 Å². The van der Waals surface area contributed by atoms with E-state index >= 15 is 0 Å². The van der Waals surface area contributed by atoms with E-state index in [-0.39, 0.29) is 16.8 Å². The number of rotatable bonds is 5. The van der Waals surface area contributed by atoms with Crippen molar-refractivity contribution >= 4 is 21.6 Å². The Kier molecular flexibility index (Phi) is 5.58. The highest BCUT2D eigenvalue weighted by atomic mass is 32.2. The van der Waals surface area contributed by atoms with E-state index in [0.717, 1.165) is 25.9 Å². The molecule has 2 N–H and O–H groups in total. The number of piperidine rings is 1. The van der Waals surface area contributed by atoms with Crippen molar-refractivity contribution < 1.29 is 13.2 Å². The number of carbonyl (C=O) groups excluding carboxylic acids is 1. The number of nitrogens with one attached hydrogen (secondary N) is 2. The molecule has 0 atom stereocenters. The third-order valence-corrected chi connectivity index (χ3v) is 5.99. The molecule has 7 heteroatoms. The number of sulfonamides is 1. The predicted molar refractivity (Wildman–Crippen MR) is 102 cm³/mol. The van der Waals surface area contributed by atoms with Crippen LogP contribution in [0.5, 0.6) is 0 Å². The van der Waals surface area contributed by atoms with E-state index in [1.54, 1.807) is 54.4 Å². The second kappa shape index (κ2) is 7.88. The molecule has 0 aliphatic carbocycles. The highest BCUT2D eigenvalue weighted by Crippen LogP contribution is 2.19. The molecule has 1 saturated heterocycles. The third-order valence-electron chi connectivity index (χ3n) is 4.59. The van der Waals surface area contributed by atoms with Crippen molar-refractivity contribution in [2.75, 3.05) is 24.9 Å². The first-order valence-corrected chi connectivity index (χ1v) is 10.1. The molecule has 2 aromatic carbocycles. The van der Waals surface area contributed by atoms with Crippen LogP contribution in [0.1, 0.15) is 23.2 Å². The Morgan fingerprint density at radius 3 is 2.46 bits per heavy atom. The van der Waals surface area contributed by atoms with Gasteiger partial charge in [-0.05, 0) is 56.3 Å². The van der Waals surface area contributed by atoms with Crippen LogP contribution in [-0.4, -0.2) is 45.4 Å². The number of amides is 1. The molecule has 1 amide bonds. The van der Waals surface area contributed by atoms with Crippen molar-refractivity contribution in [2.24, 2.45) is 0 Å². The lowest BCUT2D eigenvalue weighted by Gasteiger charge is -2.31. The normalized spacial score (nSPS) is 15.4. The Hall–Kier alpha value is -2.38. The summed E-state index contributed by atoms with van der Waals surface area (Å²) in [5.41, 5.74) is 0.845. The van der Waals surface area contributed by atoms with E-state index < -0.39 is 10.0 Å². The molecule has 0 saturated carbocycles. The van der Waals surface area contributed by atoms with Crippen LogP contribution in [0.4, 0.5) is 5.69 Å². The number of benzene rings is 2. The highest BCUT2D eigenvalue weighted by Gasteiger charge is 2.23. The van der Waals surface area contributed by atoms with Crippen molar-refractivity contribution in [1.29, 1.82) is 0 Å². The van der Waals surface area contributed by atoms with Crippen LogP contribution in [0.2, 0.25) is 0 Å². The van der Waals surface area contributed by atoms with Crippen molar-refractivity contribution in [2.45, 2.75) is 23.8 Å². The zero-order valence-electron chi connectivity index (χ0n) is 14.7. The van der Waals surface area contributed by atoms with Gasteiger partial charge in [-0.1, -0.05) is 24.3 Å². The molecular weight excluding hydrogens is 350 g/mol. The maximum atomic E-state index is 12.8. The minimum atomic E-state index is -3.68.